The Balaban J connectivity index is 1.55. The molecule has 1 aliphatic rings. The molecular formula is C17H15N5O2. The molecule has 2 N–H and O–H groups in total. The smallest absolute Gasteiger partial charge is 0.232 e. The molecule has 120 valence electrons. The van der Waals surface area contributed by atoms with Gasteiger partial charge in [-0.15, -0.1) is 5.10 Å². The molecule has 4 heterocycles. The molecule has 5 rings (SSSR count). The van der Waals surface area contributed by atoms with Crippen LogP contribution in [0.1, 0.15) is 12.8 Å². The zero-order chi connectivity index (χ0) is 16.1. The second kappa shape index (κ2) is 5.04. The normalized spacial score (nSPS) is 20.4. The Morgan fingerprint density at radius 2 is 2.12 bits per heavy atom. The highest BCUT2D eigenvalue weighted by Crippen LogP contribution is 2.28. The molecule has 0 amide bonds. The summed E-state index contributed by atoms with van der Waals surface area (Å²) in [7, 11) is 0. The Hall–Kier alpha value is -2.93. The molecule has 0 unspecified atom stereocenters. The number of ether oxygens (including phenoxy) is 1. The van der Waals surface area contributed by atoms with E-state index in [1.54, 1.807) is 23.1 Å². The van der Waals surface area contributed by atoms with Gasteiger partial charge < -0.3 is 14.9 Å². The van der Waals surface area contributed by atoms with Crippen LogP contribution in [0.3, 0.4) is 0 Å². The van der Waals surface area contributed by atoms with Crippen molar-refractivity contribution < 1.29 is 9.15 Å². The first-order valence-corrected chi connectivity index (χ1v) is 7.87. The first-order chi connectivity index (χ1) is 11.8. The Labute approximate surface area is 137 Å². The summed E-state index contributed by atoms with van der Waals surface area (Å²) in [4.78, 5) is 8.46. The van der Waals surface area contributed by atoms with E-state index < -0.39 is 0 Å². The van der Waals surface area contributed by atoms with E-state index in [1.807, 2.05) is 24.3 Å². The first kappa shape index (κ1) is 13.5. The van der Waals surface area contributed by atoms with E-state index >= 15 is 0 Å². The number of hydrogen-bond acceptors (Lipinski definition) is 6. The van der Waals surface area contributed by atoms with Crippen molar-refractivity contribution in [1.29, 1.82) is 0 Å². The molecule has 0 spiro atoms. The van der Waals surface area contributed by atoms with E-state index in [-0.39, 0.29) is 12.1 Å². The van der Waals surface area contributed by atoms with E-state index in [0.29, 0.717) is 11.6 Å². The van der Waals surface area contributed by atoms with Gasteiger partial charge in [0.05, 0.1) is 12.4 Å². The van der Waals surface area contributed by atoms with Gasteiger partial charge in [0.1, 0.15) is 11.8 Å². The molecule has 7 heteroatoms. The molecular weight excluding hydrogens is 306 g/mol. The third-order valence-corrected chi connectivity index (χ3v) is 4.33. The first-order valence-electron chi connectivity index (χ1n) is 7.87. The summed E-state index contributed by atoms with van der Waals surface area (Å²) in [6.45, 7) is 0. The lowest BCUT2D eigenvalue weighted by Crippen LogP contribution is -2.43. The van der Waals surface area contributed by atoms with Crippen LogP contribution in [0.2, 0.25) is 0 Å². The van der Waals surface area contributed by atoms with Gasteiger partial charge in [0.25, 0.3) is 0 Å². The predicted molar refractivity (Wildman–Crippen MR) is 87.6 cm³/mol. The molecule has 0 aromatic carbocycles. The van der Waals surface area contributed by atoms with Crippen LogP contribution in [0.25, 0.3) is 28.1 Å². The molecule has 0 atom stereocenters. The number of pyridine rings is 1. The summed E-state index contributed by atoms with van der Waals surface area (Å²) >= 11 is 0. The van der Waals surface area contributed by atoms with Crippen LogP contribution < -0.4 is 10.5 Å². The summed E-state index contributed by atoms with van der Waals surface area (Å²) in [6, 6.07) is 7.83. The predicted octanol–water partition coefficient (Wildman–Crippen LogP) is 2.41. The number of nitrogens with two attached hydrogens (primary N) is 1. The van der Waals surface area contributed by atoms with Gasteiger partial charge in [-0.25, -0.2) is 9.50 Å². The number of nitrogens with zero attached hydrogens (tertiary/aromatic N) is 4. The number of aromatic nitrogens is 4. The number of furan rings is 1. The number of rotatable bonds is 3. The fraction of sp³-hybridized carbons (Fsp3) is 0.235. The van der Waals surface area contributed by atoms with Crippen LogP contribution >= 0.6 is 0 Å². The third kappa shape index (κ3) is 2.13. The minimum atomic E-state index is 0.147. The second-order valence-electron chi connectivity index (χ2n) is 6.08. The number of imidazole rings is 1. The van der Waals surface area contributed by atoms with Gasteiger partial charge in [-0.3, -0.25) is 4.98 Å². The molecule has 24 heavy (non-hydrogen) atoms. The summed E-state index contributed by atoms with van der Waals surface area (Å²) in [6.07, 6.45) is 7.07. The quantitative estimate of drug-likeness (QED) is 0.623. The number of fused-ring (bicyclic) bond motifs is 2. The minimum Gasteiger partial charge on any atom is -0.473 e. The fourth-order valence-electron chi connectivity index (χ4n) is 2.97. The van der Waals surface area contributed by atoms with E-state index in [2.05, 4.69) is 15.1 Å². The minimum absolute atomic E-state index is 0.147. The average molecular weight is 321 g/mol. The van der Waals surface area contributed by atoms with Crippen LogP contribution in [0.15, 0.2) is 47.3 Å². The maximum absolute atomic E-state index is 5.87. The average Bonchev–Trinajstić information content (AvgIpc) is 3.16. The molecule has 0 radical (unpaired) electrons. The zero-order valence-corrected chi connectivity index (χ0v) is 12.8. The summed E-state index contributed by atoms with van der Waals surface area (Å²) in [5.74, 6) is 1.26. The SMILES string of the molecule is N[C@H]1C[C@H](Oc2ccc3ncc(-c4cc5ccncc5o4)n3n2)C1. The van der Waals surface area contributed by atoms with Crippen LogP contribution in [-0.2, 0) is 0 Å². The molecule has 0 aliphatic heterocycles. The highest BCUT2D eigenvalue weighted by atomic mass is 16.5. The Kier molecular flexibility index (Phi) is 2.83. The van der Waals surface area contributed by atoms with Gasteiger partial charge in [0, 0.05) is 23.7 Å². The van der Waals surface area contributed by atoms with Crippen molar-refractivity contribution in [2.45, 2.75) is 25.0 Å². The standard InChI is InChI=1S/C17H15N5O2/c18-11-6-12(7-11)23-17-2-1-16-20-8-13(22(16)21-17)14-5-10-3-4-19-9-15(10)24-14/h1-5,8-9,11-12H,6-7,18H2/t11-,12-. The summed E-state index contributed by atoms with van der Waals surface area (Å²) < 4.78 is 13.5. The third-order valence-electron chi connectivity index (χ3n) is 4.33. The van der Waals surface area contributed by atoms with Crippen molar-refractivity contribution in [2.24, 2.45) is 5.73 Å². The topological polar surface area (TPSA) is 91.5 Å². The highest BCUT2D eigenvalue weighted by molar-refractivity contribution is 5.81. The molecule has 4 aromatic heterocycles. The molecule has 0 saturated heterocycles. The molecule has 7 nitrogen and oxygen atoms in total. The van der Waals surface area contributed by atoms with Gasteiger partial charge in [-0.2, -0.15) is 0 Å². The van der Waals surface area contributed by atoms with Crippen molar-refractivity contribution in [3.8, 4) is 17.3 Å². The van der Waals surface area contributed by atoms with E-state index in [9.17, 15) is 0 Å². The fourth-order valence-corrected chi connectivity index (χ4v) is 2.97. The number of hydrogen-bond donors (Lipinski definition) is 1. The van der Waals surface area contributed by atoms with Crippen LogP contribution in [-0.4, -0.2) is 31.7 Å². The molecule has 1 saturated carbocycles. The van der Waals surface area contributed by atoms with Gasteiger partial charge in [0.2, 0.25) is 5.88 Å². The Morgan fingerprint density at radius 1 is 1.21 bits per heavy atom. The lowest BCUT2D eigenvalue weighted by Gasteiger charge is -2.31. The zero-order valence-electron chi connectivity index (χ0n) is 12.8. The van der Waals surface area contributed by atoms with Crippen molar-refractivity contribution in [3.63, 3.8) is 0 Å². The van der Waals surface area contributed by atoms with Crippen molar-refractivity contribution >= 4 is 16.6 Å². The largest absolute Gasteiger partial charge is 0.473 e. The van der Waals surface area contributed by atoms with Crippen molar-refractivity contribution in [3.05, 3.63) is 42.9 Å². The van der Waals surface area contributed by atoms with E-state index in [0.717, 1.165) is 35.2 Å². The lowest BCUT2D eigenvalue weighted by molar-refractivity contribution is 0.0944. The molecule has 4 aromatic rings. The molecule has 1 fully saturated rings. The second-order valence-corrected chi connectivity index (χ2v) is 6.08. The Morgan fingerprint density at radius 3 is 2.96 bits per heavy atom. The van der Waals surface area contributed by atoms with Crippen LogP contribution in [0.4, 0.5) is 0 Å². The summed E-state index contributed by atoms with van der Waals surface area (Å²) in [5.41, 5.74) is 8.05. The monoisotopic (exact) mass is 321 g/mol. The van der Waals surface area contributed by atoms with Gasteiger partial charge in [-0.05, 0) is 31.0 Å². The van der Waals surface area contributed by atoms with E-state index in [4.69, 9.17) is 14.9 Å². The maximum Gasteiger partial charge on any atom is 0.232 e. The lowest BCUT2D eigenvalue weighted by atomic mass is 9.90. The van der Waals surface area contributed by atoms with Gasteiger partial charge >= 0.3 is 0 Å². The van der Waals surface area contributed by atoms with Crippen molar-refractivity contribution in [1.82, 2.24) is 19.6 Å². The van der Waals surface area contributed by atoms with Crippen LogP contribution in [0, 0.1) is 0 Å². The highest BCUT2D eigenvalue weighted by Gasteiger charge is 2.28. The van der Waals surface area contributed by atoms with Gasteiger partial charge in [0.15, 0.2) is 17.0 Å². The Bertz CT molecular complexity index is 999. The van der Waals surface area contributed by atoms with Crippen molar-refractivity contribution in [2.75, 3.05) is 0 Å². The maximum atomic E-state index is 5.87. The molecule has 1 aliphatic carbocycles. The van der Waals surface area contributed by atoms with Gasteiger partial charge in [-0.1, -0.05) is 0 Å². The van der Waals surface area contributed by atoms with Crippen LogP contribution in [0.5, 0.6) is 5.88 Å². The van der Waals surface area contributed by atoms with E-state index in [1.165, 1.54) is 0 Å². The molecule has 0 bridgehead atoms. The summed E-state index contributed by atoms with van der Waals surface area (Å²) in [5, 5.41) is 5.54.